The summed E-state index contributed by atoms with van der Waals surface area (Å²) < 4.78 is 5.43. The molecular formula is C11H11ClO2. The van der Waals surface area contributed by atoms with Crippen LogP contribution in [0.1, 0.15) is 24.4 Å². The van der Waals surface area contributed by atoms with Gasteiger partial charge in [-0.1, -0.05) is 11.6 Å². The smallest absolute Gasteiger partial charge is 0.153 e. The van der Waals surface area contributed by atoms with Crippen LogP contribution in [0, 0.1) is 6.92 Å². The third-order valence-corrected chi connectivity index (χ3v) is 2.43. The van der Waals surface area contributed by atoms with Crippen LogP contribution in [0.5, 0.6) is 0 Å². The zero-order valence-electron chi connectivity index (χ0n) is 8.04. The molecule has 0 saturated heterocycles. The molecule has 2 nitrogen and oxygen atoms in total. The molecule has 0 amide bonds. The van der Waals surface area contributed by atoms with Gasteiger partial charge in [0.05, 0.1) is 5.02 Å². The number of furan rings is 1. The molecule has 3 heteroatoms. The van der Waals surface area contributed by atoms with E-state index >= 15 is 0 Å². The lowest BCUT2D eigenvalue weighted by atomic mass is 10.2. The van der Waals surface area contributed by atoms with Crippen LogP contribution in [0.2, 0.25) is 5.02 Å². The summed E-state index contributed by atoms with van der Waals surface area (Å²) in [5.74, 6) is 0.549. The normalized spacial score (nSPS) is 13.4. The number of aryl methyl sites for hydroxylation is 1. The number of benzene rings is 1. The average molecular weight is 211 g/mol. The largest absolute Gasteiger partial charge is 0.457 e. The van der Waals surface area contributed by atoms with Crippen LogP contribution in [0.15, 0.2) is 22.6 Å². The Labute approximate surface area is 87.1 Å². The Morgan fingerprint density at radius 3 is 2.71 bits per heavy atom. The van der Waals surface area contributed by atoms with Crippen LogP contribution >= 0.6 is 11.6 Å². The monoisotopic (exact) mass is 210 g/mol. The topological polar surface area (TPSA) is 33.4 Å². The summed E-state index contributed by atoms with van der Waals surface area (Å²) in [4.78, 5) is 0. The molecule has 0 spiro atoms. The van der Waals surface area contributed by atoms with Crippen LogP contribution in [-0.2, 0) is 0 Å². The van der Waals surface area contributed by atoms with Gasteiger partial charge in [0.1, 0.15) is 11.9 Å². The molecule has 0 aliphatic rings. The molecule has 14 heavy (non-hydrogen) atoms. The van der Waals surface area contributed by atoms with Crippen molar-refractivity contribution in [1.29, 1.82) is 0 Å². The Bertz CT molecular complexity index is 471. The number of fused-ring (bicyclic) bond motifs is 1. The number of aliphatic hydroxyl groups excluding tert-OH is 1. The lowest BCUT2D eigenvalue weighted by Crippen LogP contribution is -1.85. The number of hydrogen-bond donors (Lipinski definition) is 1. The third-order valence-electron chi connectivity index (χ3n) is 2.15. The van der Waals surface area contributed by atoms with Crippen molar-refractivity contribution in [2.75, 3.05) is 0 Å². The standard InChI is InChI=1S/C11H11ClO2/c1-6-3-8-5-10(7(2)13)14-11(8)9(12)4-6/h3-5,7,13H,1-2H3. The summed E-state index contributed by atoms with van der Waals surface area (Å²) in [6.07, 6.45) is -0.598. The van der Waals surface area contributed by atoms with Crippen LogP contribution in [0.4, 0.5) is 0 Å². The first-order valence-corrected chi connectivity index (χ1v) is 4.83. The maximum Gasteiger partial charge on any atom is 0.153 e. The zero-order chi connectivity index (χ0) is 10.3. The van der Waals surface area contributed by atoms with Crippen LogP contribution in [0.3, 0.4) is 0 Å². The van der Waals surface area contributed by atoms with Gasteiger partial charge in [-0.05, 0) is 37.6 Å². The molecule has 74 valence electrons. The second-order valence-electron chi connectivity index (χ2n) is 3.49. The van der Waals surface area contributed by atoms with Crippen LogP contribution in [0.25, 0.3) is 11.0 Å². The van der Waals surface area contributed by atoms with E-state index in [1.165, 1.54) is 0 Å². The van der Waals surface area contributed by atoms with Gasteiger partial charge in [-0.15, -0.1) is 0 Å². The minimum atomic E-state index is -0.598. The van der Waals surface area contributed by atoms with Gasteiger partial charge in [-0.25, -0.2) is 0 Å². The Morgan fingerprint density at radius 1 is 1.36 bits per heavy atom. The molecule has 0 aliphatic carbocycles. The summed E-state index contributed by atoms with van der Waals surface area (Å²) in [5.41, 5.74) is 1.73. The fraction of sp³-hybridized carbons (Fsp3) is 0.273. The predicted octanol–water partition coefficient (Wildman–Crippen LogP) is 3.45. The molecule has 0 saturated carbocycles. The lowest BCUT2D eigenvalue weighted by Gasteiger charge is -1.96. The van der Waals surface area contributed by atoms with Crippen molar-refractivity contribution < 1.29 is 9.52 Å². The first-order chi connectivity index (χ1) is 6.58. The van der Waals surface area contributed by atoms with Gasteiger partial charge in [0.25, 0.3) is 0 Å². The predicted molar refractivity (Wildman–Crippen MR) is 56.6 cm³/mol. The third kappa shape index (κ3) is 1.51. The quantitative estimate of drug-likeness (QED) is 0.782. The molecule has 2 rings (SSSR count). The van der Waals surface area contributed by atoms with E-state index in [0.717, 1.165) is 10.9 Å². The van der Waals surface area contributed by atoms with Gasteiger partial charge in [-0.3, -0.25) is 0 Å². The fourth-order valence-corrected chi connectivity index (χ4v) is 1.80. The highest BCUT2D eigenvalue weighted by molar-refractivity contribution is 6.34. The van der Waals surface area contributed by atoms with Crippen molar-refractivity contribution in [1.82, 2.24) is 0 Å². The molecule has 0 fully saturated rings. The molecule has 0 aliphatic heterocycles. The molecule has 1 unspecified atom stereocenters. The van der Waals surface area contributed by atoms with E-state index in [4.69, 9.17) is 16.0 Å². The summed E-state index contributed by atoms with van der Waals surface area (Å²) >= 11 is 6.00. The fourth-order valence-electron chi connectivity index (χ4n) is 1.48. The van der Waals surface area contributed by atoms with Crippen molar-refractivity contribution in [3.63, 3.8) is 0 Å². The highest BCUT2D eigenvalue weighted by Gasteiger charge is 2.11. The molecule has 1 heterocycles. The van der Waals surface area contributed by atoms with Gasteiger partial charge >= 0.3 is 0 Å². The van der Waals surface area contributed by atoms with Gasteiger partial charge in [0, 0.05) is 5.39 Å². The molecule has 1 aromatic heterocycles. The maximum absolute atomic E-state index is 9.35. The van der Waals surface area contributed by atoms with Gasteiger partial charge in [0.2, 0.25) is 0 Å². The number of rotatable bonds is 1. The Balaban J connectivity index is 2.70. The van der Waals surface area contributed by atoms with E-state index in [2.05, 4.69) is 0 Å². The summed E-state index contributed by atoms with van der Waals surface area (Å²) in [6.45, 7) is 3.64. The lowest BCUT2D eigenvalue weighted by molar-refractivity contribution is 0.172. The molecule has 0 bridgehead atoms. The van der Waals surface area contributed by atoms with E-state index in [9.17, 15) is 5.11 Å². The number of halogens is 1. The Morgan fingerprint density at radius 2 is 2.07 bits per heavy atom. The van der Waals surface area contributed by atoms with E-state index in [-0.39, 0.29) is 0 Å². The highest BCUT2D eigenvalue weighted by atomic mass is 35.5. The Kier molecular flexibility index (Phi) is 2.25. The van der Waals surface area contributed by atoms with Crippen LogP contribution < -0.4 is 0 Å². The Hall–Kier alpha value is -0.990. The SMILES string of the molecule is Cc1cc(Cl)c2oc(C(C)O)cc2c1. The first kappa shape index (κ1) is 9.56. The van der Waals surface area contributed by atoms with Gasteiger partial charge < -0.3 is 9.52 Å². The van der Waals surface area contributed by atoms with Gasteiger partial charge in [-0.2, -0.15) is 0 Å². The van der Waals surface area contributed by atoms with Crippen LogP contribution in [-0.4, -0.2) is 5.11 Å². The number of hydrogen-bond acceptors (Lipinski definition) is 2. The second kappa shape index (κ2) is 3.30. The minimum absolute atomic E-state index is 0.549. The van der Waals surface area contributed by atoms with E-state index in [1.807, 2.05) is 25.1 Å². The van der Waals surface area contributed by atoms with Crippen molar-refractivity contribution in [2.45, 2.75) is 20.0 Å². The summed E-state index contributed by atoms with van der Waals surface area (Å²) in [7, 11) is 0. The molecular weight excluding hydrogens is 200 g/mol. The summed E-state index contributed by atoms with van der Waals surface area (Å²) in [6, 6.07) is 5.65. The van der Waals surface area contributed by atoms with E-state index < -0.39 is 6.10 Å². The first-order valence-electron chi connectivity index (χ1n) is 4.45. The molecule has 1 N–H and O–H groups in total. The molecule has 2 aromatic rings. The molecule has 1 atom stereocenters. The average Bonchev–Trinajstić information content (AvgIpc) is 2.47. The minimum Gasteiger partial charge on any atom is -0.457 e. The van der Waals surface area contributed by atoms with Gasteiger partial charge in [0.15, 0.2) is 5.58 Å². The zero-order valence-corrected chi connectivity index (χ0v) is 8.80. The summed E-state index contributed by atoms with van der Waals surface area (Å²) in [5, 5.41) is 10.9. The van der Waals surface area contributed by atoms with Crippen molar-refractivity contribution in [3.05, 3.63) is 34.5 Å². The van der Waals surface area contributed by atoms with Crippen molar-refractivity contribution in [3.8, 4) is 0 Å². The van der Waals surface area contributed by atoms with Crippen molar-refractivity contribution in [2.24, 2.45) is 0 Å². The van der Waals surface area contributed by atoms with E-state index in [1.54, 1.807) is 6.92 Å². The number of aliphatic hydroxyl groups is 1. The molecule has 0 radical (unpaired) electrons. The van der Waals surface area contributed by atoms with E-state index in [0.29, 0.717) is 16.4 Å². The molecule has 1 aromatic carbocycles. The second-order valence-corrected chi connectivity index (χ2v) is 3.90. The maximum atomic E-state index is 9.35. The highest BCUT2D eigenvalue weighted by Crippen LogP contribution is 2.30. The van der Waals surface area contributed by atoms with Crippen molar-refractivity contribution >= 4 is 22.6 Å².